The molecule has 4 amide bonds. The summed E-state index contributed by atoms with van der Waals surface area (Å²) in [4.78, 5) is 64.6. The van der Waals surface area contributed by atoms with Gasteiger partial charge in [0, 0.05) is 36.4 Å². The van der Waals surface area contributed by atoms with Crippen LogP contribution >= 0.6 is 0 Å². The maximum Gasteiger partial charge on any atom is 0.427 e. The summed E-state index contributed by atoms with van der Waals surface area (Å²) in [5.74, 6) is -3.22. The number of anilines is 1. The number of allylic oxidation sites excluding steroid dienone is 1. The van der Waals surface area contributed by atoms with E-state index in [9.17, 15) is 45.2 Å². The van der Waals surface area contributed by atoms with Crippen molar-refractivity contribution >= 4 is 50.3 Å². The third-order valence-corrected chi connectivity index (χ3v) is 15.2. The van der Waals surface area contributed by atoms with E-state index in [1.807, 2.05) is 41.8 Å². The van der Waals surface area contributed by atoms with Gasteiger partial charge in [-0.05, 0) is 82.4 Å². The molecule has 1 unspecified atom stereocenters. The lowest BCUT2D eigenvalue weighted by atomic mass is 9.85. The minimum atomic E-state index is -4.94. The number of nitrogens with zero attached hydrogens (tertiary/aromatic N) is 3. The molecular formula is C42H54F4N6O9S. The van der Waals surface area contributed by atoms with Crippen LogP contribution in [0.2, 0.25) is 0 Å². The smallest absolute Gasteiger partial charge is 0.427 e. The Kier molecular flexibility index (Phi) is 12.1. The van der Waals surface area contributed by atoms with Gasteiger partial charge in [0.2, 0.25) is 33.3 Å². The van der Waals surface area contributed by atoms with Gasteiger partial charge in [0.25, 0.3) is 5.91 Å². The van der Waals surface area contributed by atoms with E-state index in [0.717, 1.165) is 5.69 Å². The summed E-state index contributed by atoms with van der Waals surface area (Å²) in [5.41, 5.74) is -3.82. The van der Waals surface area contributed by atoms with E-state index < -0.39 is 92.6 Å². The number of nitrogens with one attached hydrogen (secondary N) is 3. The summed E-state index contributed by atoms with van der Waals surface area (Å²) in [6.45, 7) is 4.78. The highest BCUT2D eigenvalue weighted by atomic mass is 32.2. The van der Waals surface area contributed by atoms with Gasteiger partial charge in [-0.3, -0.25) is 19.1 Å². The largest absolute Gasteiger partial charge is 0.489 e. The fourth-order valence-electron chi connectivity index (χ4n) is 8.71. The number of pyridine rings is 1. The number of amides is 4. The Hall–Kier alpha value is -4.88. The molecule has 15 nitrogen and oxygen atoms in total. The number of ether oxygens (including phenoxy) is 3. The number of benzene rings is 1. The summed E-state index contributed by atoms with van der Waals surface area (Å²) in [5, 5.41) is 6.47. The Morgan fingerprint density at radius 2 is 1.85 bits per heavy atom. The van der Waals surface area contributed by atoms with Gasteiger partial charge < -0.3 is 34.6 Å². The van der Waals surface area contributed by atoms with Gasteiger partial charge in [0.05, 0.1) is 18.8 Å². The molecule has 7 rings (SSSR count). The predicted molar refractivity (Wildman–Crippen MR) is 218 cm³/mol. The number of halogens is 4. The minimum Gasteiger partial charge on any atom is -0.489 e. The van der Waals surface area contributed by atoms with Crippen LogP contribution in [0, 0.1) is 17.8 Å². The van der Waals surface area contributed by atoms with E-state index in [1.165, 1.54) is 11.1 Å². The first-order chi connectivity index (χ1) is 29.2. The molecule has 0 bridgehead atoms. The van der Waals surface area contributed by atoms with Crippen molar-refractivity contribution in [3.63, 3.8) is 0 Å². The number of fused-ring (bicyclic) bond motifs is 5. The third-order valence-electron chi connectivity index (χ3n) is 13.1. The van der Waals surface area contributed by atoms with E-state index in [2.05, 4.69) is 15.6 Å². The molecule has 2 saturated carbocycles. The third kappa shape index (κ3) is 8.59. The molecule has 2 aromatic rings. The Balaban J connectivity index is 1.24. The van der Waals surface area contributed by atoms with Crippen LogP contribution in [0.4, 0.5) is 28.0 Å². The lowest BCUT2D eigenvalue weighted by Crippen LogP contribution is -2.60. The van der Waals surface area contributed by atoms with Gasteiger partial charge >= 0.3 is 12.3 Å². The molecule has 62 heavy (non-hydrogen) atoms. The van der Waals surface area contributed by atoms with Gasteiger partial charge in [0.1, 0.15) is 41.8 Å². The van der Waals surface area contributed by atoms with E-state index >= 15 is 0 Å². The van der Waals surface area contributed by atoms with Gasteiger partial charge in [0.15, 0.2) is 5.75 Å². The van der Waals surface area contributed by atoms with Crippen LogP contribution < -0.4 is 29.7 Å². The van der Waals surface area contributed by atoms with Gasteiger partial charge in [-0.2, -0.15) is 13.2 Å². The second-order valence-electron chi connectivity index (χ2n) is 17.9. The van der Waals surface area contributed by atoms with Crippen molar-refractivity contribution in [3.05, 3.63) is 36.5 Å². The number of alkyl halides is 4. The number of hydrogen-bond acceptors (Lipinski definition) is 11. The molecule has 7 atom stereocenters. The second kappa shape index (κ2) is 16.7. The van der Waals surface area contributed by atoms with Crippen LogP contribution in [0.5, 0.6) is 11.6 Å². The Labute approximate surface area is 357 Å². The average molecular weight is 895 g/mol. The van der Waals surface area contributed by atoms with Crippen molar-refractivity contribution in [1.82, 2.24) is 25.2 Å². The molecule has 0 radical (unpaired) electrons. The van der Waals surface area contributed by atoms with E-state index in [0.29, 0.717) is 69.2 Å². The first kappa shape index (κ1) is 45.2. The van der Waals surface area contributed by atoms with Crippen molar-refractivity contribution < 1.29 is 59.4 Å². The van der Waals surface area contributed by atoms with Crippen LogP contribution in [-0.4, -0.2) is 116 Å². The maximum atomic E-state index is 15.0. The zero-order chi connectivity index (χ0) is 45.0. The fourth-order valence-corrected chi connectivity index (χ4v) is 10.1. The van der Waals surface area contributed by atoms with Crippen LogP contribution in [0.15, 0.2) is 36.5 Å². The van der Waals surface area contributed by atoms with Crippen molar-refractivity contribution in [1.29, 1.82) is 0 Å². The molecule has 2 aliphatic carbocycles. The lowest BCUT2D eigenvalue weighted by molar-refractivity contribution is -0.244. The summed E-state index contributed by atoms with van der Waals surface area (Å²) < 4.78 is 99.6. The minimum absolute atomic E-state index is 0.0137. The van der Waals surface area contributed by atoms with Crippen molar-refractivity contribution in [2.45, 2.75) is 119 Å². The summed E-state index contributed by atoms with van der Waals surface area (Å²) in [7, 11) is -2.53. The molecule has 1 saturated heterocycles. The molecule has 3 fully saturated rings. The molecule has 3 aliphatic heterocycles. The highest BCUT2D eigenvalue weighted by molar-refractivity contribution is 7.91. The first-order valence-corrected chi connectivity index (χ1v) is 22.5. The number of carbonyl (C=O) groups is 4. The van der Waals surface area contributed by atoms with E-state index in [4.69, 9.17) is 14.2 Å². The van der Waals surface area contributed by atoms with E-state index in [-0.39, 0.29) is 44.0 Å². The Bertz CT molecular complexity index is 2240. The topological polar surface area (TPSA) is 186 Å². The number of rotatable bonds is 9. The van der Waals surface area contributed by atoms with Crippen molar-refractivity contribution in [2.75, 3.05) is 38.3 Å². The van der Waals surface area contributed by atoms with Crippen molar-refractivity contribution in [3.8, 4) is 11.6 Å². The number of alkyl carbamates (subject to hydrolysis) is 1. The summed E-state index contributed by atoms with van der Waals surface area (Å²) in [6, 6.07) is 2.62. The molecule has 1 aromatic heterocycles. The molecule has 340 valence electrons. The van der Waals surface area contributed by atoms with Crippen molar-refractivity contribution in [2.24, 2.45) is 17.8 Å². The molecule has 20 heteroatoms. The van der Waals surface area contributed by atoms with Crippen LogP contribution in [-0.2, 0) is 29.1 Å². The Morgan fingerprint density at radius 3 is 2.53 bits per heavy atom. The normalized spacial score (nSPS) is 29.4. The highest BCUT2D eigenvalue weighted by Crippen LogP contribution is 2.48. The van der Waals surface area contributed by atoms with Gasteiger partial charge in [-0.25, -0.2) is 22.6 Å². The highest BCUT2D eigenvalue weighted by Gasteiger charge is 2.64. The van der Waals surface area contributed by atoms with Crippen LogP contribution in [0.1, 0.15) is 79.1 Å². The predicted octanol–water partition coefficient (Wildman–Crippen LogP) is 5.07. The van der Waals surface area contributed by atoms with Gasteiger partial charge in [-0.15, -0.1) is 0 Å². The van der Waals surface area contributed by atoms with E-state index in [1.54, 1.807) is 19.1 Å². The first-order valence-electron chi connectivity index (χ1n) is 21.1. The molecule has 3 N–H and O–H groups in total. The number of sulfonamides is 1. The number of hydrogen-bond donors (Lipinski definition) is 3. The molecule has 5 aliphatic rings. The molecule has 1 aromatic carbocycles. The summed E-state index contributed by atoms with van der Waals surface area (Å²) >= 11 is 0. The zero-order valence-corrected chi connectivity index (χ0v) is 36.2. The average Bonchev–Trinajstić information content (AvgIpc) is 4.11. The monoisotopic (exact) mass is 894 g/mol. The SMILES string of the molecule is CC[C@@H]1C[C@H](C)CC/C=C\C2C[C@@]2(C(=O)NS(=O)(=O)C2(CF)CC2)NC(=O)[C@@H]2C[C@@H](Oc3nccc4c5c(ccc34)N(C)CCO5)CN2C(=O)[C@H]1NC(=O)OC(C)(C)C(F)(F)F. The van der Waals surface area contributed by atoms with Crippen LogP contribution in [0.3, 0.4) is 0 Å². The van der Waals surface area contributed by atoms with Gasteiger partial charge in [-0.1, -0.05) is 32.4 Å². The Morgan fingerprint density at radius 1 is 1.11 bits per heavy atom. The molecule has 4 heterocycles. The number of likely N-dealkylation sites (N-methyl/N-ethyl adjacent to an activating group) is 1. The molecular weight excluding hydrogens is 841 g/mol. The maximum absolute atomic E-state index is 15.0. The standard InChI is InChI=1S/C42H54F4N6O9S/c1-6-25-19-24(2)9-7-8-10-26-21-41(26,37(55)50-62(57,58)40(23-43)14-15-40)49-34(53)31-20-27(22-52(31)36(54)32(25)48-38(56)61-39(3,4)42(44,45)46)60-35-29-11-12-30-33(28(29)13-16-47-35)59-18-17-51(30)5/h8,10-13,16,24-27,31-32H,6-7,9,14-15,17-23H2,1-5H3,(H,48,56)(H,49,53)(H,50,55)/b10-8-/t24-,25-,26?,27-,31+,32+,41-/m1/s1. The quantitative estimate of drug-likeness (QED) is 0.226. The lowest BCUT2D eigenvalue weighted by Gasteiger charge is -2.35. The number of carbonyl (C=O) groups excluding carboxylic acids is 4. The zero-order valence-electron chi connectivity index (χ0n) is 35.3. The second-order valence-corrected chi connectivity index (χ2v) is 20.0. The number of aromatic nitrogens is 1. The van der Waals surface area contributed by atoms with Crippen LogP contribution in [0.25, 0.3) is 10.8 Å². The summed E-state index contributed by atoms with van der Waals surface area (Å²) in [6.07, 6.45) is -0.584. The molecule has 0 spiro atoms. The fraction of sp³-hybridized carbons (Fsp3) is 0.643.